The Balaban J connectivity index is 2.97. The van der Waals surface area contributed by atoms with Crippen LogP contribution < -0.4 is 5.73 Å². The maximum absolute atomic E-state index is 5.07. The molecule has 7 heavy (non-hydrogen) atoms. The minimum atomic E-state index is 0.593. The van der Waals surface area contributed by atoms with Gasteiger partial charge < -0.3 is 5.73 Å². The van der Waals surface area contributed by atoms with Gasteiger partial charge in [0.25, 0.3) is 0 Å². The molecule has 0 aromatic heterocycles. The number of rotatable bonds is 2. The first-order chi connectivity index (χ1) is 3.27. The van der Waals surface area contributed by atoms with Gasteiger partial charge in [-0.15, -0.1) is 11.8 Å². The highest BCUT2D eigenvalue weighted by molar-refractivity contribution is 14.2. The van der Waals surface area contributed by atoms with Crippen LogP contribution in [-0.4, -0.2) is 1.26 Å². The van der Waals surface area contributed by atoms with E-state index in [9.17, 15) is 0 Å². The molecular weight excluding hydrogens is 336 g/mol. The first-order valence-electron chi connectivity index (χ1n) is 1.57. The van der Waals surface area contributed by atoms with Gasteiger partial charge >= 0.3 is 0 Å². The van der Waals surface area contributed by atoms with E-state index in [1.165, 1.54) is 0 Å². The molecule has 0 radical (unpaired) electrons. The highest BCUT2D eigenvalue weighted by Gasteiger charge is 1.89. The lowest BCUT2D eigenvalue weighted by Crippen LogP contribution is -1.74. The molecule has 0 aromatic rings. The van der Waals surface area contributed by atoms with Crippen LogP contribution in [0, 0.1) is 0 Å². The second-order valence-corrected chi connectivity index (χ2v) is 8.31. The zero-order valence-corrected chi connectivity index (χ0v) is 8.61. The van der Waals surface area contributed by atoms with Crippen LogP contribution in [0.25, 0.3) is 0 Å². The summed E-state index contributed by atoms with van der Waals surface area (Å²) in [6.07, 6.45) is 1.55. The van der Waals surface area contributed by atoms with Gasteiger partial charge in [-0.2, -0.15) is 0 Å². The molecule has 0 atom stereocenters. The van der Waals surface area contributed by atoms with Gasteiger partial charge in [-0.05, 0) is 5.41 Å². The molecule has 0 saturated heterocycles. The summed E-state index contributed by atoms with van der Waals surface area (Å²) in [5.74, 6) is 0. The van der Waals surface area contributed by atoms with E-state index in [2.05, 4.69) is 45.2 Å². The Bertz CT molecular complexity index is 64.0. The molecule has 0 aliphatic rings. The van der Waals surface area contributed by atoms with Crippen LogP contribution >= 0.6 is 56.9 Å². The Hall–Kier alpha value is 1.35. The summed E-state index contributed by atoms with van der Waals surface area (Å²) in [6, 6.07) is 0. The van der Waals surface area contributed by atoms with Crippen molar-refractivity contribution in [1.29, 1.82) is 0 Å². The molecule has 0 heterocycles. The van der Waals surface area contributed by atoms with Gasteiger partial charge in [0.2, 0.25) is 0 Å². The first kappa shape index (κ1) is 8.35. The van der Waals surface area contributed by atoms with Crippen LogP contribution in [0.15, 0.2) is 11.6 Å². The summed E-state index contributed by atoms with van der Waals surface area (Å²) < 4.78 is 0.593. The molecule has 0 aliphatic heterocycles. The van der Waals surface area contributed by atoms with Crippen molar-refractivity contribution in [2.24, 2.45) is 5.73 Å². The lowest BCUT2D eigenvalue weighted by molar-refractivity contribution is 1.63. The summed E-state index contributed by atoms with van der Waals surface area (Å²) in [6.45, 7) is 0. The van der Waals surface area contributed by atoms with Gasteiger partial charge in [0.15, 0.2) is 0 Å². The van der Waals surface area contributed by atoms with Gasteiger partial charge in [0.05, 0.1) is 0 Å². The van der Waals surface area contributed by atoms with Gasteiger partial charge in [-0.25, -0.2) is 0 Å². The minimum Gasteiger partial charge on any atom is -0.404 e. The van der Waals surface area contributed by atoms with Crippen LogP contribution in [0.3, 0.4) is 0 Å². The van der Waals surface area contributed by atoms with E-state index in [0.29, 0.717) is 1.26 Å². The fourth-order valence-corrected chi connectivity index (χ4v) is 1.33. The number of hydrogen-bond acceptors (Lipinski definition) is 2. The SMILES string of the molecule is N/C=C\SC(I)I. The lowest BCUT2D eigenvalue weighted by atomic mass is 11.1. The highest BCUT2D eigenvalue weighted by atomic mass is 127. The first-order valence-corrected chi connectivity index (χ1v) is 5.01. The number of nitrogens with two attached hydrogens (primary N) is 1. The predicted octanol–water partition coefficient (Wildman–Crippen LogP) is 2.30. The van der Waals surface area contributed by atoms with Gasteiger partial charge in [-0.1, -0.05) is 45.2 Å². The standard InChI is InChI=1S/C3H5I2NS/c4-3(5)7-2-1-6/h1-3H,6H2/b2-1-. The Kier molecular flexibility index (Phi) is 6.54. The molecular formula is C3H5I2NS. The predicted molar refractivity (Wildman–Crippen MR) is 52.7 cm³/mol. The van der Waals surface area contributed by atoms with Crippen LogP contribution in [0.4, 0.5) is 0 Å². The van der Waals surface area contributed by atoms with Crippen molar-refractivity contribution in [1.82, 2.24) is 0 Å². The van der Waals surface area contributed by atoms with Crippen molar-refractivity contribution in [3.8, 4) is 0 Å². The molecule has 0 aromatic carbocycles. The maximum atomic E-state index is 5.07. The Morgan fingerprint density at radius 1 is 1.57 bits per heavy atom. The van der Waals surface area contributed by atoms with Crippen molar-refractivity contribution in [2.45, 2.75) is 1.26 Å². The third-order valence-corrected chi connectivity index (χ3v) is 2.54. The number of hydrogen-bond donors (Lipinski definition) is 1. The average molecular weight is 341 g/mol. The van der Waals surface area contributed by atoms with Crippen molar-refractivity contribution < 1.29 is 0 Å². The quantitative estimate of drug-likeness (QED) is 0.616. The maximum Gasteiger partial charge on any atom is 0.112 e. The molecule has 0 unspecified atom stereocenters. The number of thioether (sulfide) groups is 1. The smallest absolute Gasteiger partial charge is 0.112 e. The number of halogens is 2. The van der Waals surface area contributed by atoms with E-state index in [0.717, 1.165) is 0 Å². The fourth-order valence-electron chi connectivity index (χ4n) is 0.105. The summed E-state index contributed by atoms with van der Waals surface area (Å²) >= 11 is 6.32. The van der Waals surface area contributed by atoms with Gasteiger partial charge in [-0.3, -0.25) is 0 Å². The summed E-state index contributed by atoms with van der Waals surface area (Å²) in [7, 11) is 0. The van der Waals surface area contributed by atoms with Crippen LogP contribution in [0.1, 0.15) is 0 Å². The van der Waals surface area contributed by atoms with E-state index in [4.69, 9.17) is 5.73 Å². The summed E-state index contributed by atoms with van der Waals surface area (Å²) in [5.41, 5.74) is 5.07. The molecule has 0 rings (SSSR count). The van der Waals surface area contributed by atoms with Crippen molar-refractivity contribution >= 4 is 56.9 Å². The minimum absolute atomic E-state index is 0.593. The molecule has 2 N–H and O–H groups in total. The third kappa shape index (κ3) is 7.35. The highest BCUT2D eigenvalue weighted by Crippen LogP contribution is 2.24. The van der Waals surface area contributed by atoms with Gasteiger partial charge in [0, 0.05) is 6.20 Å². The van der Waals surface area contributed by atoms with E-state index in [1.54, 1.807) is 18.0 Å². The number of alkyl halides is 2. The summed E-state index contributed by atoms with van der Waals surface area (Å²) in [4.78, 5) is 0. The Morgan fingerprint density at radius 3 is 2.29 bits per heavy atom. The third-order valence-electron chi connectivity index (χ3n) is 0.260. The molecule has 0 amide bonds. The zero-order chi connectivity index (χ0) is 5.70. The second kappa shape index (κ2) is 5.49. The molecule has 42 valence electrons. The Labute approximate surface area is 74.8 Å². The van der Waals surface area contributed by atoms with E-state index >= 15 is 0 Å². The monoisotopic (exact) mass is 341 g/mol. The van der Waals surface area contributed by atoms with Crippen molar-refractivity contribution in [3.63, 3.8) is 0 Å². The van der Waals surface area contributed by atoms with Gasteiger partial charge in [0.1, 0.15) is 1.26 Å². The molecule has 1 nitrogen and oxygen atoms in total. The van der Waals surface area contributed by atoms with Crippen LogP contribution in [0.2, 0.25) is 0 Å². The van der Waals surface area contributed by atoms with Crippen molar-refractivity contribution in [3.05, 3.63) is 11.6 Å². The van der Waals surface area contributed by atoms with Crippen molar-refractivity contribution in [2.75, 3.05) is 0 Å². The normalized spacial score (nSPS) is 11.3. The Morgan fingerprint density at radius 2 is 2.14 bits per heavy atom. The molecule has 0 spiro atoms. The van der Waals surface area contributed by atoms with E-state index in [-0.39, 0.29) is 0 Å². The van der Waals surface area contributed by atoms with E-state index < -0.39 is 0 Å². The largest absolute Gasteiger partial charge is 0.404 e. The molecule has 0 saturated carbocycles. The average Bonchev–Trinajstić information content (AvgIpc) is 1.61. The lowest BCUT2D eigenvalue weighted by Gasteiger charge is -1.89. The van der Waals surface area contributed by atoms with E-state index in [1.807, 2.05) is 5.41 Å². The molecule has 0 bridgehead atoms. The van der Waals surface area contributed by atoms with Crippen LogP contribution in [-0.2, 0) is 0 Å². The second-order valence-electron chi connectivity index (χ2n) is 0.725. The fraction of sp³-hybridized carbons (Fsp3) is 0.333. The zero-order valence-electron chi connectivity index (χ0n) is 3.47. The topological polar surface area (TPSA) is 26.0 Å². The summed E-state index contributed by atoms with van der Waals surface area (Å²) in [5, 5.41) is 1.88. The van der Waals surface area contributed by atoms with Crippen LogP contribution in [0.5, 0.6) is 0 Å². The molecule has 0 aliphatic carbocycles. The molecule has 4 heteroatoms. The molecule has 0 fully saturated rings.